The van der Waals surface area contributed by atoms with Crippen molar-refractivity contribution in [1.82, 2.24) is 9.21 Å². The van der Waals surface area contributed by atoms with Gasteiger partial charge in [-0.05, 0) is 56.2 Å². The molecule has 0 saturated heterocycles. The Labute approximate surface area is 179 Å². The Bertz CT molecular complexity index is 1040. The van der Waals surface area contributed by atoms with Gasteiger partial charge in [0.1, 0.15) is 0 Å². The monoisotopic (exact) mass is 427 g/mol. The summed E-state index contributed by atoms with van der Waals surface area (Å²) in [7, 11) is -3.65. The van der Waals surface area contributed by atoms with Crippen LogP contribution in [0.4, 0.5) is 0 Å². The zero-order valence-corrected chi connectivity index (χ0v) is 19.0. The molecule has 30 heavy (non-hydrogen) atoms. The zero-order valence-electron chi connectivity index (χ0n) is 18.2. The van der Waals surface area contributed by atoms with E-state index in [1.807, 2.05) is 26.0 Å². The molecule has 6 nitrogen and oxygen atoms in total. The summed E-state index contributed by atoms with van der Waals surface area (Å²) in [5, 5.41) is 8.99. The van der Waals surface area contributed by atoms with Gasteiger partial charge in [0.2, 0.25) is 10.0 Å². The molecule has 0 saturated carbocycles. The van der Waals surface area contributed by atoms with E-state index in [0.717, 1.165) is 11.1 Å². The van der Waals surface area contributed by atoms with Gasteiger partial charge >= 0.3 is 0 Å². The SMILES string of the molecule is CCN(C(=O)c1cc(S(=O)(=O)N(CC)CC)ccc1C)C(C)c1ccc(C#N)cc1. The molecule has 0 heterocycles. The predicted molar refractivity (Wildman–Crippen MR) is 118 cm³/mol. The standard InChI is InChI=1S/C23H29N3O3S/c1-6-25(7-2)30(28,29)21-14-9-17(4)22(15-21)23(27)26(8-3)18(5)20-12-10-19(16-24)11-13-20/h9-15,18H,6-8H2,1-5H3. The van der Waals surface area contributed by atoms with Crippen molar-refractivity contribution in [2.24, 2.45) is 0 Å². The first-order valence-electron chi connectivity index (χ1n) is 10.1. The second-order valence-corrected chi connectivity index (χ2v) is 9.00. The van der Waals surface area contributed by atoms with Gasteiger partial charge in [-0.3, -0.25) is 4.79 Å². The topological polar surface area (TPSA) is 81.5 Å². The maximum atomic E-state index is 13.4. The van der Waals surface area contributed by atoms with Crippen LogP contribution < -0.4 is 0 Å². The molecule has 0 fully saturated rings. The number of sulfonamides is 1. The van der Waals surface area contributed by atoms with Crippen molar-refractivity contribution in [2.45, 2.75) is 45.6 Å². The second kappa shape index (κ2) is 9.88. The highest BCUT2D eigenvalue weighted by Crippen LogP contribution is 2.26. The lowest BCUT2D eigenvalue weighted by Crippen LogP contribution is -2.34. The number of amides is 1. The molecule has 0 bridgehead atoms. The molecule has 1 amide bonds. The van der Waals surface area contributed by atoms with Crippen LogP contribution in [0.2, 0.25) is 0 Å². The fraction of sp³-hybridized carbons (Fsp3) is 0.391. The molecule has 7 heteroatoms. The average molecular weight is 428 g/mol. The highest BCUT2D eigenvalue weighted by molar-refractivity contribution is 7.89. The van der Waals surface area contributed by atoms with Crippen LogP contribution in [0.1, 0.15) is 60.8 Å². The van der Waals surface area contributed by atoms with E-state index >= 15 is 0 Å². The molecule has 0 aromatic heterocycles. The van der Waals surface area contributed by atoms with E-state index in [0.29, 0.717) is 30.8 Å². The number of hydrogen-bond acceptors (Lipinski definition) is 4. The van der Waals surface area contributed by atoms with Crippen molar-refractivity contribution in [2.75, 3.05) is 19.6 Å². The van der Waals surface area contributed by atoms with Gasteiger partial charge in [0.05, 0.1) is 22.6 Å². The smallest absolute Gasteiger partial charge is 0.254 e. The molecule has 0 aliphatic rings. The third-order valence-electron chi connectivity index (χ3n) is 5.37. The van der Waals surface area contributed by atoms with E-state index in [1.165, 1.54) is 10.4 Å². The Hall–Kier alpha value is -2.69. The molecule has 0 N–H and O–H groups in total. The van der Waals surface area contributed by atoms with Crippen molar-refractivity contribution in [3.05, 3.63) is 64.7 Å². The van der Waals surface area contributed by atoms with E-state index < -0.39 is 10.0 Å². The number of nitriles is 1. The fourth-order valence-electron chi connectivity index (χ4n) is 3.47. The van der Waals surface area contributed by atoms with Gasteiger partial charge in [0.25, 0.3) is 5.91 Å². The summed E-state index contributed by atoms with van der Waals surface area (Å²) in [6.07, 6.45) is 0. The normalized spacial score (nSPS) is 12.4. The number of benzene rings is 2. The summed E-state index contributed by atoms with van der Waals surface area (Å²) in [6, 6.07) is 13.7. The van der Waals surface area contributed by atoms with Crippen LogP contribution in [-0.2, 0) is 10.0 Å². The number of hydrogen-bond donors (Lipinski definition) is 0. The van der Waals surface area contributed by atoms with E-state index in [2.05, 4.69) is 6.07 Å². The van der Waals surface area contributed by atoms with Gasteiger partial charge in [-0.2, -0.15) is 9.57 Å². The third kappa shape index (κ3) is 4.72. The van der Waals surface area contributed by atoms with Crippen LogP contribution in [0.5, 0.6) is 0 Å². The van der Waals surface area contributed by atoms with E-state index in [9.17, 15) is 13.2 Å². The molecular formula is C23H29N3O3S. The van der Waals surface area contributed by atoms with Crippen molar-refractivity contribution in [3.63, 3.8) is 0 Å². The molecule has 0 radical (unpaired) electrons. The summed E-state index contributed by atoms with van der Waals surface area (Å²) in [6.45, 7) is 10.4. The van der Waals surface area contributed by atoms with Gasteiger partial charge in [-0.15, -0.1) is 0 Å². The van der Waals surface area contributed by atoms with Crippen molar-refractivity contribution < 1.29 is 13.2 Å². The summed E-state index contributed by atoms with van der Waals surface area (Å²) >= 11 is 0. The van der Waals surface area contributed by atoms with E-state index in [1.54, 1.807) is 49.9 Å². The first kappa shape index (κ1) is 23.6. The molecular weight excluding hydrogens is 398 g/mol. The third-order valence-corrected chi connectivity index (χ3v) is 7.42. The fourth-order valence-corrected chi connectivity index (χ4v) is 4.95. The molecule has 0 aliphatic carbocycles. The summed E-state index contributed by atoms with van der Waals surface area (Å²) < 4.78 is 27.2. The van der Waals surface area contributed by atoms with Crippen LogP contribution in [-0.4, -0.2) is 43.2 Å². The lowest BCUT2D eigenvalue weighted by molar-refractivity contribution is 0.0701. The van der Waals surface area contributed by atoms with Gasteiger partial charge in [0.15, 0.2) is 0 Å². The molecule has 0 aliphatic heterocycles. The first-order chi connectivity index (χ1) is 14.2. The maximum Gasteiger partial charge on any atom is 0.254 e. The highest BCUT2D eigenvalue weighted by Gasteiger charge is 2.26. The quantitative estimate of drug-likeness (QED) is 0.634. The van der Waals surface area contributed by atoms with Crippen molar-refractivity contribution in [1.29, 1.82) is 5.26 Å². The Morgan fingerprint density at radius 3 is 2.13 bits per heavy atom. The van der Waals surface area contributed by atoms with Crippen LogP contribution in [0.15, 0.2) is 47.4 Å². The predicted octanol–water partition coefficient (Wildman–Crippen LogP) is 4.12. The number of nitrogens with zero attached hydrogens (tertiary/aromatic N) is 3. The lowest BCUT2D eigenvalue weighted by Gasteiger charge is -2.29. The van der Waals surface area contributed by atoms with Gasteiger partial charge in [-0.1, -0.05) is 32.0 Å². The minimum absolute atomic E-state index is 0.127. The largest absolute Gasteiger partial charge is 0.332 e. The number of carbonyl (C=O) groups excluding carboxylic acids is 1. The molecule has 0 spiro atoms. The Kier molecular flexibility index (Phi) is 7.77. The zero-order chi connectivity index (χ0) is 22.5. The molecule has 160 valence electrons. The highest BCUT2D eigenvalue weighted by atomic mass is 32.2. The van der Waals surface area contributed by atoms with E-state index in [4.69, 9.17) is 5.26 Å². The number of rotatable bonds is 8. The van der Waals surface area contributed by atoms with E-state index in [-0.39, 0.29) is 16.8 Å². The first-order valence-corrected chi connectivity index (χ1v) is 11.6. The lowest BCUT2D eigenvalue weighted by atomic mass is 10.0. The average Bonchev–Trinajstić information content (AvgIpc) is 2.74. The molecule has 1 unspecified atom stereocenters. The van der Waals surface area contributed by atoms with Gasteiger partial charge in [-0.25, -0.2) is 8.42 Å². The van der Waals surface area contributed by atoms with Crippen LogP contribution in [0.25, 0.3) is 0 Å². The minimum atomic E-state index is -3.65. The van der Waals surface area contributed by atoms with Gasteiger partial charge < -0.3 is 4.90 Å². The Balaban J connectivity index is 2.43. The molecule has 2 rings (SSSR count). The van der Waals surface area contributed by atoms with Gasteiger partial charge in [0, 0.05) is 25.2 Å². The number of carbonyl (C=O) groups is 1. The molecule has 2 aromatic carbocycles. The Morgan fingerprint density at radius 2 is 1.63 bits per heavy atom. The van der Waals surface area contributed by atoms with Crippen molar-refractivity contribution in [3.8, 4) is 6.07 Å². The van der Waals surface area contributed by atoms with Crippen LogP contribution in [0.3, 0.4) is 0 Å². The molecule has 1 atom stereocenters. The van der Waals surface area contributed by atoms with Crippen LogP contribution in [0, 0.1) is 18.3 Å². The summed E-state index contributed by atoms with van der Waals surface area (Å²) in [5.41, 5.74) is 2.58. The molecule has 2 aromatic rings. The maximum absolute atomic E-state index is 13.4. The Morgan fingerprint density at radius 1 is 1.03 bits per heavy atom. The number of aryl methyl sites for hydroxylation is 1. The summed E-state index contributed by atoms with van der Waals surface area (Å²) in [4.78, 5) is 15.2. The second-order valence-electron chi connectivity index (χ2n) is 7.07. The van der Waals surface area contributed by atoms with Crippen LogP contribution >= 0.6 is 0 Å². The minimum Gasteiger partial charge on any atom is -0.332 e. The van der Waals surface area contributed by atoms with Crippen molar-refractivity contribution >= 4 is 15.9 Å². The summed E-state index contributed by atoms with van der Waals surface area (Å²) in [5.74, 6) is -0.219.